The predicted octanol–water partition coefficient (Wildman–Crippen LogP) is 2.56. The molecule has 6 heteroatoms. The molecule has 1 fully saturated rings. The number of thioether (sulfide) groups is 1. The van der Waals surface area contributed by atoms with Crippen LogP contribution in [0.4, 0.5) is 5.82 Å². The number of carbonyl (C=O) groups is 1. The number of aromatic amines is 1. The third kappa shape index (κ3) is 1.87. The van der Waals surface area contributed by atoms with Gasteiger partial charge in [0.1, 0.15) is 5.37 Å². The molecule has 1 N–H and O–H groups in total. The molecule has 1 aliphatic heterocycles. The van der Waals surface area contributed by atoms with E-state index in [0.29, 0.717) is 11.6 Å². The number of amides is 1. The van der Waals surface area contributed by atoms with Crippen molar-refractivity contribution in [2.45, 2.75) is 12.3 Å². The Balaban J connectivity index is 1.97. The highest BCUT2D eigenvalue weighted by Crippen LogP contribution is 2.41. The van der Waals surface area contributed by atoms with Crippen LogP contribution in [0.2, 0.25) is 0 Å². The van der Waals surface area contributed by atoms with Gasteiger partial charge in [-0.05, 0) is 29.3 Å². The van der Waals surface area contributed by atoms with Crippen LogP contribution in [0.1, 0.15) is 16.6 Å². The van der Waals surface area contributed by atoms with Gasteiger partial charge in [0.15, 0.2) is 5.82 Å². The minimum absolute atomic E-state index is 0.0662. The number of hydrogen-bond donors (Lipinski definition) is 1. The fourth-order valence-electron chi connectivity index (χ4n) is 1.86. The monoisotopic (exact) mass is 265 g/mol. The van der Waals surface area contributed by atoms with Crippen LogP contribution < -0.4 is 4.90 Å². The van der Waals surface area contributed by atoms with Gasteiger partial charge in [-0.3, -0.25) is 14.8 Å². The van der Waals surface area contributed by atoms with E-state index < -0.39 is 0 Å². The lowest BCUT2D eigenvalue weighted by Crippen LogP contribution is -2.27. The molecular weight excluding hydrogens is 254 g/mol. The maximum atomic E-state index is 11.9. The van der Waals surface area contributed by atoms with Gasteiger partial charge < -0.3 is 0 Å². The number of anilines is 1. The lowest BCUT2D eigenvalue weighted by Gasteiger charge is -2.20. The summed E-state index contributed by atoms with van der Waals surface area (Å²) in [5.74, 6) is 1.36. The highest BCUT2D eigenvalue weighted by Gasteiger charge is 2.35. The van der Waals surface area contributed by atoms with Crippen molar-refractivity contribution < 1.29 is 4.79 Å². The average Bonchev–Trinajstić information content (AvgIpc) is 2.97. The zero-order chi connectivity index (χ0) is 11.8. The molecule has 1 saturated heterocycles. The van der Waals surface area contributed by atoms with Gasteiger partial charge in [0.25, 0.3) is 0 Å². The first kappa shape index (κ1) is 10.9. The lowest BCUT2D eigenvalue weighted by atomic mass is 10.3. The van der Waals surface area contributed by atoms with E-state index in [9.17, 15) is 4.79 Å². The predicted molar refractivity (Wildman–Crippen MR) is 70.3 cm³/mol. The number of carbonyl (C=O) groups excluding carboxylic acids is 1. The van der Waals surface area contributed by atoms with Crippen LogP contribution in [-0.4, -0.2) is 21.9 Å². The first-order valence-electron chi connectivity index (χ1n) is 5.23. The summed E-state index contributed by atoms with van der Waals surface area (Å²) in [7, 11) is 0. The summed E-state index contributed by atoms with van der Waals surface area (Å²) in [6.45, 7) is 1.93. The lowest BCUT2D eigenvalue weighted by molar-refractivity contribution is -0.115. The molecule has 0 saturated carbocycles. The van der Waals surface area contributed by atoms with Crippen molar-refractivity contribution in [2.75, 3.05) is 10.7 Å². The molecule has 2 aromatic rings. The number of hydrogen-bond acceptors (Lipinski definition) is 4. The van der Waals surface area contributed by atoms with Crippen molar-refractivity contribution in [1.29, 1.82) is 0 Å². The van der Waals surface area contributed by atoms with E-state index in [2.05, 4.69) is 21.6 Å². The summed E-state index contributed by atoms with van der Waals surface area (Å²) in [4.78, 5) is 13.7. The van der Waals surface area contributed by atoms with Gasteiger partial charge in [-0.1, -0.05) is 0 Å². The van der Waals surface area contributed by atoms with Gasteiger partial charge in [-0.25, -0.2) is 0 Å². The number of aromatic nitrogens is 2. The molecule has 2 aromatic heterocycles. The normalized spacial score (nSPS) is 20.2. The number of nitrogens with zero attached hydrogens (tertiary/aromatic N) is 2. The summed E-state index contributed by atoms with van der Waals surface area (Å²) in [6.07, 6.45) is 0. The van der Waals surface area contributed by atoms with Crippen LogP contribution in [-0.2, 0) is 4.79 Å². The third-order valence-electron chi connectivity index (χ3n) is 2.64. The van der Waals surface area contributed by atoms with Crippen molar-refractivity contribution >= 4 is 34.8 Å². The Bertz CT molecular complexity index is 535. The Morgan fingerprint density at radius 1 is 1.59 bits per heavy atom. The van der Waals surface area contributed by atoms with E-state index in [1.807, 2.05) is 18.4 Å². The van der Waals surface area contributed by atoms with E-state index in [1.54, 1.807) is 28.0 Å². The molecule has 3 rings (SSSR count). The molecule has 88 valence electrons. The molecule has 0 aromatic carbocycles. The fraction of sp³-hybridized carbons (Fsp3) is 0.273. The SMILES string of the molecule is Cc1cc(N2C(=O)CSC2c2ccsc2)n[nH]1. The molecular formula is C11H11N3OS2. The van der Waals surface area contributed by atoms with Crippen molar-refractivity contribution in [3.63, 3.8) is 0 Å². The summed E-state index contributed by atoms with van der Waals surface area (Å²) in [5, 5.41) is 11.2. The highest BCUT2D eigenvalue weighted by molar-refractivity contribution is 8.00. The smallest absolute Gasteiger partial charge is 0.239 e. The molecule has 1 unspecified atom stereocenters. The Kier molecular flexibility index (Phi) is 2.68. The maximum absolute atomic E-state index is 11.9. The van der Waals surface area contributed by atoms with Crippen LogP contribution in [0.15, 0.2) is 22.9 Å². The number of rotatable bonds is 2. The van der Waals surface area contributed by atoms with E-state index in [1.165, 1.54) is 5.56 Å². The first-order valence-corrected chi connectivity index (χ1v) is 7.22. The number of thiophene rings is 1. The van der Waals surface area contributed by atoms with Crippen LogP contribution in [0.5, 0.6) is 0 Å². The average molecular weight is 265 g/mol. The van der Waals surface area contributed by atoms with Gasteiger partial charge in [-0.2, -0.15) is 16.4 Å². The molecule has 0 bridgehead atoms. The summed E-state index contributed by atoms with van der Waals surface area (Å²) < 4.78 is 0. The summed E-state index contributed by atoms with van der Waals surface area (Å²) in [5.41, 5.74) is 2.14. The molecule has 3 heterocycles. The molecule has 1 amide bonds. The maximum Gasteiger partial charge on any atom is 0.239 e. The third-order valence-corrected chi connectivity index (χ3v) is 4.55. The largest absolute Gasteiger partial charge is 0.281 e. The van der Waals surface area contributed by atoms with Gasteiger partial charge in [0, 0.05) is 11.8 Å². The zero-order valence-corrected chi connectivity index (χ0v) is 10.8. The molecule has 0 aliphatic carbocycles. The van der Waals surface area contributed by atoms with Gasteiger partial charge >= 0.3 is 0 Å². The molecule has 0 radical (unpaired) electrons. The van der Waals surface area contributed by atoms with E-state index >= 15 is 0 Å². The van der Waals surface area contributed by atoms with E-state index in [4.69, 9.17) is 0 Å². The Labute approximate surface area is 107 Å². The van der Waals surface area contributed by atoms with Crippen molar-refractivity contribution in [3.8, 4) is 0 Å². The zero-order valence-electron chi connectivity index (χ0n) is 9.21. The van der Waals surface area contributed by atoms with E-state index in [0.717, 1.165) is 5.69 Å². The molecule has 17 heavy (non-hydrogen) atoms. The molecule has 1 aliphatic rings. The quantitative estimate of drug-likeness (QED) is 0.908. The second-order valence-corrected chi connectivity index (χ2v) is 5.74. The summed E-state index contributed by atoms with van der Waals surface area (Å²) >= 11 is 3.30. The molecule has 4 nitrogen and oxygen atoms in total. The van der Waals surface area contributed by atoms with Crippen LogP contribution in [0.3, 0.4) is 0 Å². The number of nitrogens with one attached hydrogen (secondary N) is 1. The minimum Gasteiger partial charge on any atom is -0.281 e. The summed E-state index contributed by atoms with van der Waals surface area (Å²) in [6, 6.07) is 3.97. The Hall–Kier alpha value is -1.27. The number of aryl methyl sites for hydroxylation is 1. The molecule has 0 spiro atoms. The van der Waals surface area contributed by atoms with Crippen molar-refractivity contribution in [2.24, 2.45) is 0 Å². The second kappa shape index (κ2) is 4.19. The van der Waals surface area contributed by atoms with Crippen molar-refractivity contribution in [3.05, 3.63) is 34.2 Å². The minimum atomic E-state index is 0.0662. The van der Waals surface area contributed by atoms with Gasteiger partial charge in [-0.15, -0.1) is 11.8 Å². The highest BCUT2D eigenvalue weighted by atomic mass is 32.2. The topological polar surface area (TPSA) is 49.0 Å². The van der Waals surface area contributed by atoms with Crippen LogP contribution in [0, 0.1) is 6.92 Å². The fourth-order valence-corrected chi connectivity index (χ4v) is 3.78. The van der Waals surface area contributed by atoms with Crippen molar-refractivity contribution in [1.82, 2.24) is 10.2 Å². The van der Waals surface area contributed by atoms with Crippen LogP contribution in [0.25, 0.3) is 0 Å². The Morgan fingerprint density at radius 2 is 2.47 bits per heavy atom. The number of H-pyrrole nitrogens is 1. The second-order valence-electron chi connectivity index (χ2n) is 3.89. The van der Waals surface area contributed by atoms with E-state index in [-0.39, 0.29) is 11.3 Å². The standard InChI is InChI=1S/C11H11N3OS2/c1-7-4-9(13-12-7)14-10(15)6-17-11(14)8-2-3-16-5-8/h2-5,11H,6H2,1H3,(H,12,13). The first-order chi connectivity index (χ1) is 8.25. The Morgan fingerprint density at radius 3 is 3.12 bits per heavy atom. The molecule has 1 atom stereocenters. The van der Waals surface area contributed by atoms with Gasteiger partial charge in [0.05, 0.1) is 5.75 Å². The van der Waals surface area contributed by atoms with Crippen LogP contribution >= 0.6 is 23.1 Å². The van der Waals surface area contributed by atoms with Gasteiger partial charge in [0.2, 0.25) is 5.91 Å².